The second-order valence-corrected chi connectivity index (χ2v) is 6.09. The van der Waals surface area contributed by atoms with E-state index >= 15 is 0 Å². The number of nitrogens with zero attached hydrogens (tertiary/aromatic N) is 1. The van der Waals surface area contributed by atoms with Crippen LogP contribution in [-0.4, -0.2) is 24.1 Å². The van der Waals surface area contributed by atoms with Crippen molar-refractivity contribution in [2.45, 2.75) is 19.8 Å². The Balaban J connectivity index is 1.81. The third-order valence-electron chi connectivity index (χ3n) is 3.17. The average molecular weight is 304 g/mol. The third kappa shape index (κ3) is 3.00. The smallest absolute Gasteiger partial charge is 0.295 e. The Hall–Kier alpha value is -2.08. The molecule has 2 aromatic rings. The second-order valence-electron chi connectivity index (χ2n) is 5.06. The first-order chi connectivity index (χ1) is 10.1. The van der Waals surface area contributed by atoms with E-state index in [1.807, 2.05) is 6.07 Å². The van der Waals surface area contributed by atoms with Crippen molar-refractivity contribution < 1.29 is 14.3 Å². The lowest BCUT2D eigenvalue weighted by molar-refractivity contribution is -0.117. The maximum Gasteiger partial charge on any atom is 0.295 e. The Kier molecular flexibility index (Phi) is 3.79. The molecule has 0 atom stereocenters. The van der Waals surface area contributed by atoms with Gasteiger partial charge in [-0.05, 0) is 23.6 Å². The Morgan fingerprint density at radius 2 is 2.24 bits per heavy atom. The number of hydrogen-bond acceptors (Lipinski definition) is 5. The number of benzene rings is 1. The summed E-state index contributed by atoms with van der Waals surface area (Å²) in [4.78, 5) is 16.4. The molecule has 1 aromatic carbocycles. The van der Waals surface area contributed by atoms with E-state index in [1.165, 1.54) is 23.2 Å². The molecule has 1 aliphatic heterocycles. The fraction of sp³-hybridized carbons (Fsp3) is 0.333. The fourth-order valence-electron chi connectivity index (χ4n) is 2.00. The van der Waals surface area contributed by atoms with E-state index in [2.05, 4.69) is 36.3 Å². The number of thiazole rings is 1. The molecule has 5 nitrogen and oxygen atoms in total. The minimum Gasteiger partial charge on any atom is -0.494 e. The maximum atomic E-state index is 12.0. The summed E-state index contributed by atoms with van der Waals surface area (Å²) >= 11 is 1.45. The van der Waals surface area contributed by atoms with Crippen molar-refractivity contribution in [2.24, 2.45) is 0 Å². The molecular weight excluding hydrogens is 288 g/mol. The number of aromatic nitrogens is 1. The predicted octanol–water partition coefficient (Wildman–Crippen LogP) is 3.25. The number of anilines is 1. The molecular formula is C15H16N2O3S. The third-order valence-corrected chi connectivity index (χ3v) is 4.11. The van der Waals surface area contributed by atoms with Crippen LogP contribution < -0.4 is 5.32 Å². The van der Waals surface area contributed by atoms with Gasteiger partial charge in [0.1, 0.15) is 19.5 Å². The monoisotopic (exact) mass is 304 g/mol. The van der Waals surface area contributed by atoms with Crippen molar-refractivity contribution in [3.63, 3.8) is 0 Å². The molecule has 0 radical (unpaired) electrons. The highest BCUT2D eigenvalue weighted by Crippen LogP contribution is 2.29. The number of rotatable bonds is 3. The van der Waals surface area contributed by atoms with Gasteiger partial charge in [0.25, 0.3) is 5.91 Å². The molecule has 0 spiro atoms. The Bertz CT molecular complexity index is 706. The van der Waals surface area contributed by atoms with Crippen molar-refractivity contribution in [1.82, 2.24) is 4.98 Å². The standard InChI is InChI=1S/C15H16N2O3S/c1-9(2)10-3-4-11-13(7-10)21-15(16-11)17-14(18)12-8-19-5-6-20-12/h3-4,7-9H,5-6H2,1-2H3,(H,16,17,18). The van der Waals surface area contributed by atoms with Gasteiger partial charge in [-0.1, -0.05) is 31.3 Å². The summed E-state index contributed by atoms with van der Waals surface area (Å²) in [7, 11) is 0. The molecule has 0 bridgehead atoms. The summed E-state index contributed by atoms with van der Waals surface area (Å²) in [5, 5.41) is 3.31. The van der Waals surface area contributed by atoms with Crippen LogP contribution in [0.5, 0.6) is 0 Å². The van der Waals surface area contributed by atoms with Crippen LogP contribution in [0.3, 0.4) is 0 Å². The fourth-order valence-corrected chi connectivity index (χ4v) is 2.91. The number of fused-ring (bicyclic) bond motifs is 1. The first-order valence-corrected chi connectivity index (χ1v) is 7.61. The first kappa shape index (κ1) is 13.9. The zero-order chi connectivity index (χ0) is 14.8. The second kappa shape index (κ2) is 5.73. The van der Waals surface area contributed by atoms with E-state index in [0.29, 0.717) is 24.3 Å². The number of ether oxygens (including phenoxy) is 2. The van der Waals surface area contributed by atoms with Crippen LogP contribution in [0.25, 0.3) is 10.2 Å². The number of nitrogens with one attached hydrogen (secondary N) is 1. The molecule has 1 N–H and O–H groups in total. The lowest BCUT2D eigenvalue weighted by Crippen LogP contribution is -2.20. The van der Waals surface area contributed by atoms with E-state index in [-0.39, 0.29) is 11.7 Å². The lowest BCUT2D eigenvalue weighted by Gasteiger charge is -2.13. The molecule has 1 aromatic heterocycles. The van der Waals surface area contributed by atoms with Crippen LogP contribution >= 0.6 is 11.3 Å². The van der Waals surface area contributed by atoms with Gasteiger partial charge in [0, 0.05) is 0 Å². The SMILES string of the molecule is CC(C)c1ccc2nc(NC(=O)C3=COCCO3)sc2c1. The normalized spacial score (nSPS) is 14.5. The van der Waals surface area contributed by atoms with Gasteiger partial charge in [-0.25, -0.2) is 4.98 Å². The predicted molar refractivity (Wildman–Crippen MR) is 82.3 cm³/mol. The summed E-state index contributed by atoms with van der Waals surface area (Å²) in [6.07, 6.45) is 1.34. The molecule has 2 heterocycles. The quantitative estimate of drug-likeness (QED) is 0.945. The Morgan fingerprint density at radius 3 is 2.95 bits per heavy atom. The molecule has 1 aliphatic rings. The van der Waals surface area contributed by atoms with Crippen LogP contribution in [0.15, 0.2) is 30.2 Å². The average Bonchev–Trinajstić information content (AvgIpc) is 2.89. The number of carbonyl (C=O) groups is 1. The summed E-state index contributed by atoms with van der Waals surface area (Å²) in [6, 6.07) is 6.17. The summed E-state index contributed by atoms with van der Waals surface area (Å²) < 4.78 is 11.4. The largest absolute Gasteiger partial charge is 0.494 e. The van der Waals surface area contributed by atoms with Gasteiger partial charge >= 0.3 is 0 Å². The van der Waals surface area contributed by atoms with Gasteiger partial charge in [-0.15, -0.1) is 0 Å². The van der Waals surface area contributed by atoms with Gasteiger partial charge in [0.2, 0.25) is 5.76 Å². The molecule has 3 rings (SSSR count). The Labute approximate surface area is 126 Å². The lowest BCUT2D eigenvalue weighted by atomic mass is 10.0. The van der Waals surface area contributed by atoms with Crippen LogP contribution in [0.1, 0.15) is 25.3 Å². The molecule has 0 unspecified atom stereocenters. The molecule has 110 valence electrons. The van der Waals surface area contributed by atoms with E-state index < -0.39 is 0 Å². The van der Waals surface area contributed by atoms with E-state index in [9.17, 15) is 4.79 Å². The molecule has 1 amide bonds. The zero-order valence-corrected chi connectivity index (χ0v) is 12.7. The van der Waals surface area contributed by atoms with Gasteiger partial charge in [-0.3, -0.25) is 10.1 Å². The summed E-state index contributed by atoms with van der Waals surface area (Å²) in [5.74, 6) is 0.314. The van der Waals surface area contributed by atoms with Crippen LogP contribution in [0.2, 0.25) is 0 Å². The van der Waals surface area contributed by atoms with Crippen molar-refractivity contribution in [1.29, 1.82) is 0 Å². The molecule has 6 heteroatoms. The van der Waals surface area contributed by atoms with Crippen LogP contribution in [-0.2, 0) is 14.3 Å². The van der Waals surface area contributed by atoms with E-state index in [1.54, 1.807) is 0 Å². The number of amides is 1. The topological polar surface area (TPSA) is 60.5 Å². The van der Waals surface area contributed by atoms with Crippen LogP contribution in [0, 0.1) is 0 Å². The van der Waals surface area contributed by atoms with Crippen LogP contribution in [0.4, 0.5) is 5.13 Å². The van der Waals surface area contributed by atoms with Gasteiger partial charge in [0.15, 0.2) is 5.13 Å². The Morgan fingerprint density at radius 1 is 1.38 bits per heavy atom. The van der Waals surface area contributed by atoms with Gasteiger partial charge in [-0.2, -0.15) is 0 Å². The van der Waals surface area contributed by atoms with E-state index in [0.717, 1.165) is 10.2 Å². The number of hydrogen-bond donors (Lipinski definition) is 1. The molecule has 0 fully saturated rings. The highest BCUT2D eigenvalue weighted by Gasteiger charge is 2.17. The minimum atomic E-state index is -0.335. The molecule has 0 saturated carbocycles. The van der Waals surface area contributed by atoms with E-state index in [4.69, 9.17) is 9.47 Å². The van der Waals surface area contributed by atoms with Gasteiger partial charge < -0.3 is 9.47 Å². The first-order valence-electron chi connectivity index (χ1n) is 6.80. The highest BCUT2D eigenvalue weighted by atomic mass is 32.1. The molecule has 0 aliphatic carbocycles. The van der Waals surface area contributed by atoms with Crippen molar-refractivity contribution >= 4 is 32.6 Å². The number of carbonyl (C=O) groups excluding carboxylic acids is 1. The minimum absolute atomic E-state index is 0.184. The molecule has 0 saturated heterocycles. The van der Waals surface area contributed by atoms with Gasteiger partial charge in [0.05, 0.1) is 10.2 Å². The zero-order valence-electron chi connectivity index (χ0n) is 11.9. The highest BCUT2D eigenvalue weighted by molar-refractivity contribution is 7.22. The van der Waals surface area contributed by atoms with Crippen molar-refractivity contribution in [3.05, 3.63) is 35.8 Å². The van der Waals surface area contributed by atoms with Crippen molar-refractivity contribution in [2.75, 3.05) is 18.5 Å². The summed E-state index contributed by atoms with van der Waals surface area (Å²) in [6.45, 7) is 5.16. The maximum absolute atomic E-state index is 12.0. The molecule has 21 heavy (non-hydrogen) atoms. The van der Waals surface area contributed by atoms with Crippen molar-refractivity contribution in [3.8, 4) is 0 Å². The summed E-state index contributed by atoms with van der Waals surface area (Å²) in [5.41, 5.74) is 2.14.